The minimum atomic E-state index is -0.725. The molecule has 0 aliphatic carbocycles. The Balaban J connectivity index is 1.64. The van der Waals surface area contributed by atoms with Crippen molar-refractivity contribution in [1.29, 1.82) is 0 Å². The van der Waals surface area contributed by atoms with Crippen molar-refractivity contribution in [1.82, 2.24) is 5.32 Å². The SMILES string of the molecule is OC(CNCc1c(F)cccc1N1CCCC1)c1ccco1. The molecule has 0 bridgehead atoms. The third-order valence-corrected chi connectivity index (χ3v) is 4.05. The molecule has 5 heteroatoms. The van der Waals surface area contributed by atoms with Gasteiger partial charge in [-0.1, -0.05) is 6.07 Å². The van der Waals surface area contributed by atoms with E-state index >= 15 is 0 Å². The predicted molar refractivity (Wildman–Crippen MR) is 83.2 cm³/mol. The van der Waals surface area contributed by atoms with Crippen molar-refractivity contribution in [2.45, 2.75) is 25.5 Å². The lowest BCUT2D eigenvalue weighted by Crippen LogP contribution is -2.25. The van der Waals surface area contributed by atoms with Gasteiger partial charge < -0.3 is 19.7 Å². The minimum Gasteiger partial charge on any atom is -0.467 e. The first-order chi connectivity index (χ1) is 10.8. The molecular weight excluding hydrogens is 283 g/mol. The van der Waals surface area contributed by atoms with Crippen LogP contribution in [0.5, 0.6) is 0 Å². The highest BCUT2D eigenvalue weighted by molar-refractivity contribution is 5.54. The maximum absolute atomic E-state index is 14.2. The van der Waals surface area contributed by atoms with Crippen LogP contribution >= 0.6 is 0 Å². The Bertz CT molecular complexity index is 595. The molecule has 1 unspecified atom stereocenters. The van der Waals surface area contributed by atoms with Gasteiger partial charge in [-0.15, -0.1) is 0 Å². The molecule has 1 atom stereocenters. The second kappa shape index (κ2) is 6.94. The summed E-state index contributed by atoms with van der Waals surface area (Å²) in [5.41, 5.74) is 1.62. The topological polar surface area (TPSA) is 48.6 Å². The molecule has 1 aliphatic rings. The number of hydrogen-bond acceptors (Lipinski definition) is 4. The van der Waals surface area contributed by atoms with Gasteiger partial charge in [0.1, 0.15) is 17.7 Å². The van der Waals surface area contributed by atoms with Crippen molar-refractivity contribution in [3.63, 3.8) is 0 Å². The van der Waals surface area contributed by atoms with E-state index in [-0.39, 0.29) is 5.82 Å². The monoisotopic (exact) mass is 304 g/mol. The molecule has 1 saturated heterocycles. The van der Waals surface area contributed by atoms with Crippen LogP contribution in [-0.2, 0) is 6.54 Å². The van der Waals surface area contributed by atoms with E-state index in [1.54, 1.807) is 18.2 Å². The molecule has 4 nitrogen and oxygen atoms in total. The van der Waals surface area contributed by atoms with Gasteiger partial charge in [-0.2, -0.15) is 0 Å². The molecule has 2 aromatic rings. The van der Waals surface area contributed by atoms with Crippen LogP contribution in [-0.4, -0.2) is 24.7 Å². The zero-order valence-electron chi connectivity index (χ0n) is 12.5. The van der Waals surface area contributed by atoms with Gasteiger partial charge in [0.25, 0.3) is 0 Å². The average Bonchev–Trinajstić information content (AvgIpc) is 3.22. The fraction of sp³-hybridized carbons (Fsp3) is 0.412. The van der Waals surface area contributed by atoms with Crippen LogP contribution in [0.3, 0.4) is 0 Å². The average molecular weight is 304 g/mol. The van der Waals surface area contributed by atoms with Crippen LogP contribution in [0.15, 0.2) is 41.0 Å². The highest BCUT2D eigenvalue weighted by atomic mass is 19.1. The van der Waals surface area contributed by atoms with Crippen LogP contribution in [0.4, 0.5) is 10.1 Å². The van der Waals surface area contributed by atoms with Crippen molar-refractivity contribution in [3.8, 4) is 0 Å². The number of aliphatic hydroxyl groups is 1. The number of aliphatic hydroxyl groups excluding tert-OH is 1. The third kappa shape index (κ3) is 3.31. The van der Waals surface area contributed by atoms with E-state index in [4.69, 9.17) is 4.42 Å². The van der Waals surface area contributed by atoms with Crippen LogP contribution in [0.1, 0.15) is 30.3 Å². The van der Waals surface area contributed by atoms with Crippen molar-refractivity contribution in [2.24, 2.45) is 0 Å². The number of hydrogen-bond donors (Lipinski definition) is 2. The molecule has 22 heavy (non-hydrogen) atoms. The number of halogens is 1. The summed E-state index contributed by atoms with van der Waals surface area (Å²) in [7, 11) is 0. The van der Waals surface area contributed by atoms with E-state index in [0.717, 1.165) is 31.6 Å². The predicted octanol–water partition coefficient (Wildman–Crippen LogP) is 2.84. The summed E-state index contributed by atoms with van der Waals surface area (Å²) < 4.78 is 19.3. The van der Waals surface area contributed by atoms with Crippen LogP contribution < -0.4 is 10.2 Å². The first-order valence-corrected chi connectivity index (χ1v) is 7.70. The highest BCUT2D eigenvalue weighted by Crippen LogP contribution is 2.26. The van der Waals surface area contributed by atoms with Gasteiger partial charge in [0.2, 0.25) is 0 Å². The molecule has 0 amide bonds. The maximum Gasteiger partial charge on any atom is 0.133 e. The first-order valence-electron chi connectivity index (χ1n) is 7.70. The molecule has 2 heterocycles. The Labute approximate surface area is 129 Å². The lowest BCUT2D eigenvalue weighted by Gasteiger charge is -2.22. The molecule has 1 aliphatic heterocycles. The Morgan fingerprint density at radius 3 is 2.77 bits per heavy atom. The number of benzene rings is 1. The third-order valence-electron chi connectivity index (χ3n) is 4.05. The van der Waals surface area contributed by atoms with Crippen molar-refractivity contribution < 1.29 is 13.9 Å². The summed E-state index contributed by atoms with van der Waals surface area (Å²) in [6, 6.07) is 8.67. The van der Waals surface area contributed by atoms with E-state index in [1.165, 1.54) is 12.3 Å². The van der Waals surface area contributed by atoms with Crippen molar-refractivity contribution in [3.05, 3.63) is 53.7 Å². The second-order valence-corrected chi connectivity index (χ2v) is 5.59. The van der Waals surface area contributed by atoms with Gasteiger partial charge in [-0.3, -0.25) is 0 Å². The van der Waals surface area contributed by atoms with Crippen molar-refractivity contribution >= 4 is 5.69 Å². The Morgan fingerprint density at radius 1 is 1.23 bits per heavy atom. The number of anilines is 1. The molecule has 1 aromatic carbocycles. The number of furan rings is 1. The molecule has 118 valence electrons. The molecule has 0 saturated carbocycles. The Hall–Kier alpha value is -1.85. The van der Waals surface area contributed by atoms with E-state index in [9.17, 15) is 9.50 Å². The van der Waals surface area contributed by atoms with E-state index in [2.05, 4.69) is 10.2 Å². The lowest BCUT2D eigenvalue weighted by molar-refractivity contribution is 0.147. The summed E-state index contributed by atoms with van der Waals surface area (Å²) >= 11 is 0. The van der Waals surface area contributed by atoms with E-state index in [1.807, 2.05) is 6.07 Å². The van der Waals surface area contributed by atoms with Gasteiger partial charge >= 0.3 is 0 Å². The van der Waals surface area contributed by atoms with Crippen LogP contribution in [0.2, 0.25) is 0 Å². The molecule has 1 fully saturated rings. The van der Waals surface area contributed by atoms with Gasteiger partial charge in [0.05, 0.1) is 6.26 Å². The van der Waals surface area contributed by atoms with E-state index in [0.29, 0.717) is 24.4 Å². The molecule has 2 N–H and O–H groups in total. The summed E-state index contributed by atoms with van der Waals surface area (Å²) in [5.74, 6) is 0.310. The Kier molecular flexibility index (Phi) is 4.75. The normalized spacial score (nSPS) is 16.2. The quantitative estimate of drug-likeness (QED) is 0.861. The van der Waals surface area contributed by atoms with E-state index < -0.39 is 6.10 Å². The Morgan fingerprint density at radius 2 is 2.05 bits per heavy atom. The van der Waals surface area contributed by atoms with Gasteiger partial charge in [-0.05, 0) is 37.1 Å². The van der Waals surface area contributed by atoms with Gasteiger partial charge in [0.15, 0.2) is 0 Å². The molecule has 1 aromatic heterocycles. The number of nitrogens with one attached hydrogen (secondary N) is 1. The van der Waals surface area contributed by atoms with Crippen LogP contribution in [0, 0.1) is 5.82 Å². The number of nitrogens with zero attached hydrogens (tertiary/aromatic N) is 1. The molecular formula is C17H21FN2O2. The fourth-order valence-corrected chi connectivity index (χ4v) is 2.89. The first kappa shape index (κ1) is 15.1. The molecule has 0 spiro atoms. The smallest absolute Gasteiger partial charge is 0.133 e. The summed E-state index contributed by atoms with van der Waals surface area (Å²) in [4.78, 5) is 2.23. The molecule has 0 radical (unpaired) electrons. The molecule has 3 rings (SSSR count). The van der Waals surface area contributed by atoms with Crippen LogP contribution in [0.25, 0.3) is 0 Å². The summed E-state index contributed by atoms with van der Waals surface area (Å²) in [6.45, 7) is 2.66. The zero-order chi connectivity index (χ0) is 15.4. The van der Waals surface area contributed by atoms with Crippen molar-refractivity contribution in [2.75, 3.05) is 24.5 Å². The maximum atomic E-state index is 14.2. The zero-order valence-corrected chi connectivity index (χ0v) is 12.5. The lowest BCUT2D eigenvalue weighted by atomic mass is 10.1. The van der Waals surface area contributed by atoms with Gasteiger partial charge in [-0.25, -0.2) is 4.39 Å². The summed E-state index contributed by atoms with van der Waals surface area (Å²) in [5, 5.41) is 13.1. The largest absolute Gasteiger partial charge is 0.467 e. The second-order valence-electron chi connectivity index (χ2n) is 5.59. The highest BCUT2D eigenvalue weighted by Gasteiger charge is 2.18. The van der Waals surface area contributed by atoms with Gasteiger partial charge in [0, 0.05) is 37.4 Å². The number of rotatable bonds is 6. The minimum absolute atomic E-state index is 0.204. The standard InChI is InChI=1S/C17H21FN2O2/c18-14-5-3-6-15(20-8-1-2-9-20)13(14)11-19-12-16(21)17-7-4-10-22-17/h3-7,10,16,19,21H,1-2,8-9,11-12H2. The fourth-order valence-electron chi connectivity index (χ4n) is 2.89. The summed E-state index contributed by atoms with van der Waals surface area (Å²) in [6.07, 6.45) is 3.11.